The molecule has 7 nitrogen and oxygen atoms in total. The maximum atomic E-state index is 13.8. The van der Waals surface area contributed by atoms with Crippen LogP contribution in [0.1, 0.15) is 37.4 Å². The van der Waals surface area contributed by atoms with Crippen molar-refractivity contribution >= 4 is 23.3 Å². The molecule has 3 aromatic carbocycles. The molecule has 2 amide bonds. The van der Waals surface area contributed by atoms with Gasteiger partial charge in [-0.3, -0.25) is 19.3 Å². The van der Waals surface area contributed by atoms with Crippen molar-refractivity contribution in [2.24, 2.45) is 0 Å². The Hall–Kier alpha value is -4.39. The normalized spacial score (nSPS) is 16.3. The maximum Gasteiger partial charge on any atom is 0.262 e. The van der Waals surface area contributed by atoms with Crippen molar-refractivity contribution in [2.45, 2.75) is 18.9 Å². The van der Waals surface area contributed by atoms with Crippen LogP contribution in [0.3, 0.4) is 0 Å². The largest absolute Gasteiger partial charge is 0.493 e. The lowest BCUT2D eigenvalue weighted by Gasteiger charge is -2.26. The zero-order valence-corrected chi connectivity index (χ0v) is 20.1. The number of fused-ring (bicyclic) bond motifs is 2. The Kier molecular flexibility index (Phi) is 6.29. The third kappa shape index (κ3) is 4.13. The monoisotopic (exact) mass is 482 g/mol. The van der Waals surface area contributed by atoms with E-state index >= 15 is 0 Å². The molecule has 0 bridgehead atoms. The number of hydrogen-bond acceptors (Lipinski definition) is 6. The van der Waals surface area contributed by atoms with Gasteiger partial charge >= 0.3 is 0 Å². The van der Waals surface area contributed by atoms with Crippen molar-refractivity contribution in [2.75, 3.05) is 20.8 Å². The van der Waals surface area contributed by atoms with E-state index in [1.54, 1.807) is 38.5 Å². The third-order valence-corrected chi connectivity index (χ3v) is 6.63. The molecule has 1 N–H and O–H groups in total. The molecule has 5 rings (SSSR count). The number of carbonyl (C=O) groups is 3. The summed E-state index contributed by atoms with van der Waals surface area (Å²) in [6.45, 7) is 0.637. The Balaban J connectivity index is 1.55. The zero-order chi connectivity index (χ0) is 25.2. The van der Waals surface area contributed by atoms with Crippen LogP contribution in [-0.2, 0) is 17.6 Å². The molecule has 0 saturated heterocycles. The van der Waals surface area contributed by atoms with Crippen LogP contribution < -0.4 is 14.8 Å². The van der Waals surface area contributed by atoms with Crippen LogP contribution in [0.4, 0.5) is 0 Å². The van der Waals surface area contributed by atoms with E-state index in [-0.39, 0.29) is 12.2 Å². The van der Waals surface area contributed by atoms with Gasteiger partial charge in [0.25, 0.3) is 11.8 Å². The maximum absolute atomic E-state index is 13.8. The molecule has 1 atom stereocenters. The van der Waals surface area contributed by atoms with E-state index in [4.69, 9.17) is 9.47 Å². The molecule has 0 unspecified atom stereocenters. The second kappa shape index (κ2) is 9.70. The summed E-state index contributed by atoms with van der Waals surface area (Å²) in [6.07, 6.45) is 2.47. The second-order valence-electron chi connectivity index (χ2n) is 8.73. The number of benzene rings is 3. The Labute approximate surface area is 209 Å². The van der Waals surface area contributed by atoms with E-state index in [1.807, 2.05) is 42.5 Å². The summed E-state index contributed by atoms with van der Waals surface area (Å²) in [5.41, 5.74) is 3.96. The Morgan fingerprint density at radius 1 is 0.917 bits per heavy atom. The summed E-state index contributed by atoms with van der Waals surface area (Å²) >= 11 is 0. The minimum Gasteiger partial charge on any atom is -0.493 e. The number of methoxy groups -OCH3 is 2. The predicted octanol–water partition coefficient (Wildman–Crippen LogP) is 3.67. The van der Waals surface area contributed by atoms with E-state index in [1.165, 1.54) is 6.08 Å². The molecule has 2 aliphatic heterocycles. The highest BCUT2D eigenvalue weighted by atomic mass is 16.5. The second-order valence-corrected chi connectivity index (χ2v) is 8.73. The Morgan fingerprint density at radius 2 is 1.53 bits per heavy atom. The lowest BCUT2D eigenvalue weighted by molar-refractivity contribution is -0.118. The van der Waals surface area contributed by atoms with Gasteiger partial charge < -0.3 is 14.8 Å². The van der Waals surface area contributed by atoms with Gasteiger partial charge in [-0.15, -0.1) is 0 Å². The topological polar surface area (TPSA) is 84.9 Å². The third-order valence-electron chi connectivity index (χ3n) is 6.63. The fourth-order valence-corrected chi connectivity index (χ4v) is 4.82. The summed E-state index contributed by atoms with van der Waals surface area (Å²) in [4.78, 5) is 41.5. The fourth-order valence-electron chi connectivity index (χ4n) is 4.82. The first-order chi connectivity index (χ1) is 17.5. The average molecular weight is 483 g/mol. The Morgan fingerprint density at radius 3 is 2.17 bits per heavy atom. The Bertz CT molecular complexity index is 1340. The fraction of sp³-hybridized carbons (Fsp3) is 0.207. The molecule has 182 valence electrons. The number of hydrogen-bond donors (Lipinski definition) is 1. The lowest BCUT2D eigenvalue weighted by Crippen LogP contribution is -2.46. The van der Waals surface area contributed by atoms with Gasteiger partial charge in [0.1, 0.15) is 6.04 Å². The van der Waals surface area contributed by atoms with Crippen LogP contribution in [-0.4, -0.2) is 49.3 Å². The van der Waals surface area contributed by atoms with E-state index in [0.717, 1.165) is 28.0 Å². The number of imide groups is 1. The van der Waals surface area contributed by atoms with Crippen LogP contribution in [0, 0.1) is 0 Å². The number of amides is 2. The molecule has 0 spiro atoms. The zero-order valence-electron chi connectivity index (χ0n) is 20.1. The first kappa shape index (κ1) is 23.4. The van der Waals surface area contributed by atoms with Gasteiger partial charge in [0.2, 0.25) is 0 Å². The average Bonchev–Trinajstić information content (AvgIpc) is 3.16. The number of ether oxygens (including phenoxy) is 2. The molecular weight excluding hydrogens is 456 g/mol. The molecular formula is C29H26N2O5. The molecule has 0 aromatic heterocycles. The van der Waals surface area contributed by atoms with Crippen molar-refractivity contribution in [3.05, 3.63) is 101 Å². The van der Waals surface area contributed by atoms with Crippen LogP contribution >= 0.6 is 0 Å². The van der Waals surface area contributed by atoms with Gasteiger partial charge in [-0.25, -0.2) is 0 Å². The van der Waals surface area contributed by atoms with Gasteiger partial charge in [0.05, 0.1) is 25.3 Å². The molecule has 0 saturated carbocycles. The van der Waals surface area contributed by atoms with E-state index < -0.39 is 17.9 Å². The lowest BCUT2D eigenvalue weighted by atomic mass is 9.94. The molecule has 0 fully saturated rings. The summed E-state index contributed by atoms with van der Waals surface area (Å²) in [7, 11) is 3.15. The van der Waals surface area contributed by atoms with Crippen LogP contribution in [0.25, 0.3) is 5.70 Å². The van der Waals surface area contributed by atoms with E-state index in [9.17, 15) is 14.4 Å². The summed E-state index contributed by atoms with van der Waals surface area (Å²) in [5, 5.41) is 3.30. The van der Waals surface area contributed by atoms with Crippen molar-refractivity contribution in [1.82, 2.24) is 10.2 Å². The first-order valence-electron chi connectivity index (χ1n) is 11.8. The molecule has 2 heterocycles. The van der Waals surface area contributed by atoms with Gasteiger partial charge in [-0.2, -0.15) is 0 Å². The first-order valence-corrected chi connectivity index (χ1v) is 11.8. The number of nitrogens with zero attached hydrogens (tertiary/aromatic N) is 1. The predicted molar refractivity (Wildman–Crippen MR) is 135 cm³/mol. The van der Waals surface area contributed by atoms with Crippen molar-refractivity contribution < 1.29 is 23.9 Å². The highest BCUT2D eigenvalue weighted by Gasteiger charge is 2.42. The molecule has 0 aliphatic carbocycles. The molecule has 36 heavy (non-hydrogen) atoms. The molecule has 3 aromatic rings. The highest BCUT2D eigenvalue weighted by Crippen LogP contribution is 2.35. The summed E-state index contributed by atoms with van der Waals surface area (Å²) in [6, 6.07) is 18.8. The number of carbonyl (C=O) groups excluding carboxylic acids is 3. The van der Waals surface area contributed by atoms with Crippen molar-refractivity contribution in [3.8, 4) is 11.5 Å². The number of rotatable bonds is 7. The minimum atomic E-state index is -0.986. The molecule has 2 aliphatic rings. The van der Waals surface area contributed by atoms with Crippen molar-refractivity contribution in [1.29, 1.82) is 0 Å². The quantitative estimate of drug-likeness (QED) is 0.409. The van der Waals surface area contributed by atoms with Gasteiger partial charge in [0.15, 0.2) is 17.3 Å². The van der Waals surface area contributed by atoms with Gasteiger partial charge in [-0.1, -0.05) is 42.5 Å². The molecule has 7 heteroatoms. The minimum absolute atomic E-state index is 0.216. The number of nitrogens with one attached hydrogen (secondary N) is 1. The summed E-state index contributed by atoms with van der Waals surface area (Å²) in [5.74, 6) is -0.0619. The SMILES string of the molecule is COc1cc2c(cc1OC)/C(=C/C(=O)[C@@H](Cc1ccccc1)N1C(=O)c3ccccc3C1=O)NCC2. The van der Waals surface area contributed by atoms with Gasteiger partial charge in [0, 0.05) is 30.3 Å². The smallest absolute Gasteiger partial charge is 0.262 e. The van der Waals surface area contributed by atoms with Crippen LogP contribution in [0.15, 0.2) is 72.8 Å². The van der Waals surface area contributed by atoms with Gasteiger partial charge in [-0.05, 0) is 41.8 Å². The van der Waals surface area contributed by atoms with Crippen molar-refractivity contribution in [3.63, 3.8) is 0 Å². The summed E-state index contributed by atoms with van der Waals surface area (Å²) < 4.78 is 10.9. The standard InChI is InChI=1S/C29H26N2O5/c1-35-26-15-19-12-13-30-23(22(19)16-27(26)36-2)17-25(32)24(14-18-8-4-3-5-9-18)31-28(33)20-10-6-7-11-21(20)29(31)34/h3-11,15-17,24,30H,12-14H2,1-2H3/b23-17-/t24-/m1/s1. The number of ketones is 1. The van der Waals surface area contributed by atoms with E-state index in [0.29, 0.717) is 34.9 Å². The van der Waals surface area contributed by atoms with E-state index in [2.05, 4.69) is 5.32 Å². The molecule has 0 radical (unpaired) electrons. The van der Waals surface area contributed by atoms with Crippen LogP contribution in [0.5, 0.6) is 11.5 Å². The highest BCUT2D eigenvalue weighted by molar-refractivity contribution is 6.23. The van der Waals surface area contributed by atoms with Crippen LogP contribution in [0.2, 0.25) is 0 Å².